The van der Waals surface area contributed by atoms with Gasteiger partial charge in [-0.3, -0.25) is 0 Å². The lowest BCUT2D eigenvalue weighted by molar-refractivity contribution is 0.104. The number of carbonyl (C=O) groups is 1. The molecule has 5 nitrogen and oxygen atoms in total. The van der Waals surface area contributed by atoms with Crippen LogP contribution in [0.25, 0.3) is 0 Å². The van der Waals surface area contributed by atoms with Crippen LogP contribution in [0.4, 0.5) is 4.79 Å². The van der Waals surface area contributed by atoms with Crippen molar-refractivity contribution in [2.45, 2.75) is 31.5 Å². The Balaban J connectivity index is 1.61. The third-order valence-corrected chi connectivity index (χ3v) is 5.28. The maximum Gasteiger partial charge on any atom is 0.318 e. The Labute approximate surface area is 152 Å². The van der Waals surface area contributed by atoms with Crippen LogP contribution in [0.2, 0.25) is 0 Å². The van der Waals surface area contributed by atoms with Crippen LogP contribution in [0.5, 0.6) is 5.75 Å². The Morgan fingerprint density at radius 1 is 1.32 bits per heavy atom. The summed E-state index contributed by atoms with van der Waals surface area (Å²) < 4.78 is 10.8. The minimum absolute atomic E-state index is 0.0380. The zero-order chi connectivity index (χ0) is 17.6. The van der Waals surface area contributed by atoms with E-state index >= 15 is 0 Å². The zero-order valence-electron chi connectivity index (χ0n) is 14.6. The molecule has 134 valence electrons. The highest BCUT2D eigenvalue weighted by atomic mass is 32.1. The second-order valence-corrected chi connectivity index (χ2v) is 7.12. The van der Waals surface area contributed by atoms with Crippen molar-refractivity contribution in [3.05, 3.63) is 52.2 Å². The highest BCUT2D eigenvalue weighted by Crippen LogP contribution is 2.29. The van der Waals surface area contributed by atoms with E-state index in [1.807, 2.05) is 46.7 Å². The number of nitrogens with zero attached hydrogens (tertiary/aromatic N) is 1. The first-order valence-electron chi connectivity index (χ1n) is 8.45. The molecule has 0 aliphatic heterocycles. The first kappa shape index (κ1) is 17.8. The van der Waals surface area contributed by atoms with Gasteiger partial charge >= 0.3 is 6.03 Å². The molecule has 1 aromatic heterocycles. The van der Waals surface area contributed by atoms with Crippen molar-refractivity contribution < 1.29 is 14.3 Å². The quantitative estimate of drug-likeness (QED) is 0.779. The molecule has 6 heteroatoms. The van der Waals surface area contributed by atoms with Crippen LogP contribution in [-0.2, 0) is 11.3 Å². The maximum absolute atomic E-state index is 12.7. The van der Waals surface area contributed by atoms with E-state index < -0.39 is 0 Å². The number of hydrogen-bond acceptors (Lipinski definition) is 4. The zero-order valence-corrected chi connectivity index (χ0v) is 15.4. The fourth-order valence-corrected chi connectivity index (χ4v) is 3.58. The predicted molar refractivity (Wildman–Crippen MR) is 99.0 cm³/mol. The van der Waals surface area contributed by atoms with Gasteiger partial charge in [-0.1, -0.05) is 18.2 Å². The van der Waals surface area contributed by atoms with E-state index in [1.54, 1.807) is 25.6 Å². The van der Waals surface area contributed by atoms with Crippen molar-refractivity contribution in [2.24, 2.45) is 0 Å². The minimum atomic E-state index is -0.109. The SMILES string of the molecule is COc1cccc(CN(C(=O)NC[C@@H](OC)c2cccs2)C2CC2)c1. The Hall–Kier alpha value is -2.05. The first-order valence-corrected chi connectivity index (χ1v) is 9.33. The lowest BCUT2D eigenvalue weighted by Crippen LogP contribution is -2.42. The fourth-order valence-electron chi connectivity index (χ4n) is 2.78. The van der Waals surface area contributed by atoms with Crippen molar-refractivity contribution >= 4 is 17.4 Å². The van der Waals surface area contributed by atoms with Crippen LogP contribution in [0, 0.1) is 0 Å². The number of carbonyl (C=O) groups excluding carboxylic acids is 1. The van der Waals surface area contributed by atoms with E-state index in [1.165, 1.54) is 0 Å². The Morgan fingerprint density at radius 3 is 2.80 bits per heavy atom. The number of hydrogen-bond donors (Lipinski definition) is 1. The molecule has 1 atom stereocenters. The van der Waals surface area contributed by atoms with Gasteiger partial charge in [0.25, 0.3) is 0 Å². The summed E-state index contributed by atoms with van der Waals surface area (Å²) in [5, 5.41) is 5.05. The molecule has 1 aliphatic carbocycles. The van der Waals surface area contributed by atoms with E-state index in [0.717, 1.165) is 29.0 Å². The molecule has 25 heavy (non-hydrogen) atoms. The van der Waals surface area contributed by atoms with Crippen LogP contribution in [0.1, 0.15) is 29.4 Å². The van der Waals surface area contributed by atoms with E-state index in [0.29, 0.717) is 19.1 Å². The van der Waals surface area contributed by atoms with E-state index in [9.17, 15) is 4.79 Å². The smallest absolute Gasteiger partial charge is 0.318 e. The van der Waals surface area contributed by atoms with Gasteiger partial charge in [-0.2, -0.15) is 0 Å². The van der Waals surface area contributed by atoms with Gasteiger partial charge in [-0.15, -0.1) is 11.3 Å². The van der Waals surface area contributed by atoms with Gasteiger partial charge in [0.1, 0.15) is 11.9 Å². The second kappa shape index (κ2) is 8.36. The number of benzene rings is 1. The van der Waals surface area contributed by atoms with Crippen molar-refractivity contribution in [1.29, 1.82) is 0 Å². The molecule has 1 aliphatic rings. The number of nitrogens with one attached hydrogen (secondary N) is 1. The van der Waals surface area contributed by atoms with Crippen LogP contribution in [-0.4, -0.2) is 37.7 Å². The maximum atomic E-state index is 12.7. The van der Waals surface area contributed by atoms with Crippen LogP contribution >= 0.6 is 11.3 Å². The number of urea groups is 1. The fraction of sp³-hybridized carbons (Fsp3) is 0.421. The third-order valence-electron chi connectivity index (χ3n) is 4.32. The predicted octanol–water partition coefficient (Wildman–Crippen LogP) is 3.82. The lowest BCUT2D eigenvalue weighted by atomic mass is 10.2. The largest absolute Gasteiger partial charge is 0.497 e. The standard InChI is InChI=1S/C19H24N2O3S/c1-23-16-6-3-5-14(11-16)13-21(15-8-9-15)19(22)20-12-17(24-2)18-7-4-10-25-18/h3-7,10-11,15,17H,8-9,12-13H2,1-2H3,(H,20,22)/t17-/m1/s1. The summed E-state index contributed by atoms with van der Waals surface area (Å²) in [5.74, 6) is 0.811. The number of thiophene rings is 1. The molecular weight excluding hydrogens is 336 g/mol. The summed E-state index contributed by atoms with van der Waals surface area (Å²) in [7, 11) is 3.32. The summed E-state index contributed by atoms with van der Waals surface area (Å²) in [5.41, 5.74) is 1.07. The van der Waals surface area contributed by atoms with Crippen LogP contribution in [0.3, 0.4) is 0 Å². The third kappa shape index (κ3) is 4.74. The van der Waals surface area contributed by atoms with Gasteiger partial charge in [0.05, 0.1) is 13.7 Å². The second-order valence-electron chi connectivity index (χ2n) is 6.14. The summed E-state index contributed by atoms with van der Waals surface area (Å²) in [6.45, 7) is 1.06. The Kier molecular flexibility index (Phi) is 5.94. The van der Waals surface area contributed by atoms with Crippen molar-refractivity contribution in [1.82, 2.24) is 10.2 Å². The number of amides is 2. The van der Waals surface area contributed by atoms with Crippen molar-refractivity contribution in [3.63, 3.8) is 0 Å². The van der Waals surface area contributed by atoms with Crippen molar-refractivity contribution in [2.75, 3.05) is 20.8 Å². The molecule has 2 amide bonds. The highest BCUT2D eigenvalue weighted by molar-refractivity contribution is 7.10. The topological polar surface area (TPSA) is 50.8 Å². The summed E-state index contributed by atoms with van der Waals surface area (Å²) in [4.78, 5) is 15.7. The molecule has 0 bridgehead atoms. The molecule has 0 unspecified atom stereocenters. The molecular formula is C19H24N2O3S. The van der Waals surface area contributed by atoms with E-state index in [2.05, 4.69) is 5.32 Å². The molecule has 0 radical (unpaired) electrons. The molecule has 1 saturated carbocycles. The van der Waals surface area contributed by atoms with Gasteiger partial charge in [0, 0.05) is 24.6 Å². The summed E-state index contributed by atoms with van der Waals surface area (Å²) in [6.07, 6.45) is 2.02. The molecule has 1 heterocycles. The van der Waals surface area contributed by atoms with Crippen LogP contribution in [0.15, 0.2) is 41.8 Å². The Bertz CT molecular complexity index is 686. The molecule has 3 rings (SSSR count). The number of methoxy groups -OCH3 is 2. The molecule has 2 aromatic rings. The Morgan fingerprint density at radius 2 is 2.16 bits per heavy atom. The molecule has 1 fully saturated rings. The molecule has 1 N–H and O–H groups in total. The average Bonchev–Trinajstić information content (AvgIpc) is 3.34. The van der Waals surface area contributed by atoms with Crippen LogP contribution < -0.4 is 10.1 Å². The number of rotatable bonds is 8. The monoisotopic (exact) mass is 360 g/mol. The van der Waals surface area contributed by atoms with Gasteiger partial charge < -0.3 is 19.7 Å². The van der Waals surface area contributed by atoms with Gasteiger partial charge in [0.15, 0.2) is 0 Å². The lowest BCUT2D eigenvalue weighted by Gasteiger charge is -2.24. The van der Waals surface area contributed by atoms with E-state index in [-0.39, 0.29) is 12.1 Å². The molecule has 0 spiro atoms. The highest BCUT2D eigenvalue weighted by Gasteiger charge is 2.32. The average molecular weight is 360 g/mol. The van der Waals surface area contributed by atoms with Crippen molar-refractivity contribution in [3.8, 4) is 5.75 Å². The van der Waals surface area contributed by atoms with Gasteiger partial charge in [-0.25, -0.2) is 4.79 Å². The first-order chi connectivity index (χ1) is 12.2. The normalized spacial score (nSPS) is 14.8. The van der Waals surface area contributed by atoms with Gasteiger partial charge in [0.2, 0.25) is 0 Å². The summed E-state index contributed by atoms with van der Waals surface area (Å²) >= 11 is 1.64. The summed E-state index contributed by atoms with van der Waals surface area (Å²) in [6, 6.07) is 12.2. The molecule has 0 saturated heterocycles. The van der Waals surface area contributed by atoms with E-state index in [4.69, 9.17) is 9.47 Å². The van der Waals surface area contributed by atoms with Gasteiger partial charge in [-0.05, 0) is 42.0 Å². The molecule has 1 aromatic carbocycles. The number of ether oxygens (including phenoxy) is 2. The minimum Gasteiger partial charge on any atom is -0.497 e.